The van der Waals surface area contributed by atoms with Crippen LogP contribution in [-0.4, -0.2) is 25.5 Å². The zero-order valence-corrected chi connectivity index (χ0v) is 14.2. The zero-order valence-electron chi connectivity index (χ0n) is 13.3. The largest absolute Gasteiger partial charge is 2.00 e. The van der Waals surface area contributed by atoms with Crippen LogP contribution in [0.15, 0.2) is 17.2 Å². The van der Waals surface area contributed by atoms with Crippen LogP contribution in [-0.2, 0) is 21.8 Å². The second-order valence-electron chi connectivity index (χ2n) is 5.72. The van der Waals surface area contributed by atoms with Crippen LogP contribution < -0.4 is 5.11 Å². The van der Waals surface area contributed by atoms with Gasteiger partial charge in [-0.2, -0.15) is 0 Å². The predicted molar refractivity (Wildman–Crippen MR) is 71.8 cm³/mol. The van der Waals surface area contributed by atoms with Crippen molar-refractivity contribution in [2.75, 3.05) is 6.61 Å². The van der Waals surface area contributed by atoms with Gasteiger partial charge in [0.1, 0.15) is 0 Å². The van der Waals surface area contributed by atoms with Gasteiger partial charge in [-0.3, -0.25) is 0 Å². The molecule has 0 unspecified atom stereocenters. The first-order valence-electron chi connectivity index (χ1n) is 5.63. The minimum atomic E-state index is -0.364. The maximum absolute atomic E-state index is 11.4. The molecule has 0 N–H and O–H groups in total. The summed E-state index contributed by atoms with van der Waals surface area (Å²) < 4.78 is 4.89. The van der Waals surface area contributed by atoms with Crippen molar-refractivity contribution in [2.24, 2.45) is 10.8 Å². The van der Waals surface area contributed by atoms with E-state index in [-0.39, 0.29) is 52.7 Å². The van der Waals surface area contributed by atoms with Gasteiger partial charge >= 0.3 is 17.1 Å². The fraction of sp³-hybridized carbons (Fsp3) is 0.714. The van der Waals surface area contributed by atoms with Gasteiger partial charge in [0.25, 0.3) is 0 Å². The second kappa shape index (κ2) is 11.5. The van der Waals surface area contributed by atoms with Crippen LogP contribution in [0.2, 0.25) is 0 Å². The van der Waals surface area contributed by atoms with Gasteiger partial charge in [-0.05, 0) is 23.0 Å². The van der Waals surface area contributed by atoms with Crippen LogP contribution >= 0.6 is 0 Å². The van der Waals surface area contributed by atoms with Crippen molar-refractivity contribution in [2.45, 2.75) is 48.5 Å². The first-order chi connectivity index (χ1) is 7.59. The summed E-state index contributed by atoms with van der Waals surface area (Å²) in [6.07, 6.45) is 0. The zero-order chi connectivity index (χ0) is 14.3. The van der Waals surface area contributed by atoms with Crippen molar-refractivity contribution in [3.8, 4) is 0 Å². The smallest absolute Gasteiger partial charge is 0.608 e. The van der Waals surface area contributed by atoms with Crippen molar-refractivity contribution >= 4 is 18.9 Å². The van der Waals surface area contributed by atoms with E-state index in [0.717, 1.165) is 5.57 Å². The van der Waals surface area contributed by atoms with Gasteiger partial charge in [-0.25, -0.2) is 0 Å². The van der Waals surface area contributed by atoms with Crippen LogP contribution in [0.5, 0.6) is 0 Å². The molecule has 0 fully saturated rings. The molecule has 0 spiro atoms. The van der Waals surface area contributed by atoms with Crippen molar-refractivity contribution in [1.29, 1.82) is 5.26 Å². The Labute approximate surface area is 140 Å². The van der Waals surface area contributed by atoms with Gasteiger partial charge in [0.2, 0.25) is 0 Å². The topological polar surface area (TPSA) is 56.1 Å². The van der Waals surface area contributed by atoms with Gasteiger partial charge < -0.3 is 21.7 Å². The van der Waals surface area contributed by atoms with E-state index in [0.29, 0.717) is 6.61 Å². The molecule has 0 saturated carbocycles. The number of nitrogens with zero attached hydrogens (tertiary/aromatic N) is 1. The van der Waals surface area contributed by atoms with Crippen molar-refractivity contribution < 1.29 is 26.9 Å². The number of hydrogen-bond acceptors (Lipinski definition) is 3. The second-order valence-corrected chi connectivity index (χ2v) is 5.72. The van der Waals surface area contributed by atoms with E-state index >= 15 is 0 Å². The normalized spacial score (nSPS) is 9.53. The molecule has 2 radical (unpaired) electrons. The standard InChI is InChI=1S/C13H24O2.CN.Cu.Li/c1-8-15-11(14)9-10(12(2,3)4)13(5,6)7;1-2;;/h14H,8H2,1-7H3;;;/q;-1;+2;/p-1. The molecule has 108 valence electrons. The van der Waals surface area contributed by atoms with Gasteiger partial charge in [0.05, 0.1) is 5.95 Å². The van der Waals surface area contributed by atoms with Crippen LogP contribution in [0, 0.1) is 22.7 Å². The molecule has 0 rings (SSSR count). The monoisotopic (exact) mass is 307 g/mol. The molecular formula is C14H23CuLiNO2. The third kappa shape index (κ3) is 12.5. The Morgan fingerprint density at radius 2 is 1.42 bits per heavy atom. The molecule has 0 aromatic heterocycles. The Morgan fingerprint density at radius 3 is 1.63 bits per heavy atom. The van der Waals surface area contributed by atoms with E-state index in [1.54, 1.807) is 6.92 Å². The summed E-state index contributed by atoms with van der Waals surface area (Å²) in [5.41, 5.74) is 3.72. The van der Waals surface area contributed by atoms with Crippen molar-refractivity contribution in [3.05, 3.63) is 23.8 Å². The van der Waals surface area contributed by atoms with E-state index in [1.807, 2.05) is 0 Å². The van der Waals surface area contributed by atoms with Gasteiger partial charge in [-0.15, -0.1) is 0 Å². The Bertz CT molecular complexity index is 303. The summed E-state index contributed by atoms with van der Waals surface area (Å²) in [6, 6.07) is 0. The molecule has 3 nitrogen and oxygen atoms in total. The number of hydrogen-bond donors (Lipinski definition) is 0. The molecule has 0 aromatic rings. The molecule has 19 heavy (non-hydrogen) atoms. The molecule has 0 heterocycles. The Morgan fingerprint density at radius 1 is 1.11 bits per heavy atom. The Hall–Kier alpha value is -0.273. The molecule has 0 aliphatic carbocycles. The number of rotatable bonds is 2. The maximum Gasteiger partial charge on any atom is 2.00 e. The fourth-order valence-corrected chi connectivity index (χ4v) is 1.77. The first kappa shape index (κ1) is 27.1. The minimum Gasteiger partial charge on any atom is -0.608 e. The van der Waals surface area contributed by atoms with Crippen LogP contribution in [0.4, 0.5) is 0 Å². The molecule has 0 saturated heterocycles. The van der Waals surface area contributed by atoms with E-state index in [9.17, 15) is 5.11 Å². The van der Waals surface area contributed by atoms with E-state index in [4.69, 9.17) is 16.6 Å². The summed E-state index contributed by atoms with van der Waals surface area (Å²) in [7, 11) is 0. The Kier molecular flexibility index (Phi) is 16.5. The molecule has 5 heteroatoms. The van der Waals surface area contributed by atoms with Gasteiger partial charge in [-0.1, -0.05) is 54.2 Å². The molecule has 0 aliphatic rings. The molecule has 0 bridgehead atoms. The van der Waals surface area contributed by atoms with E-state index < -0.39 is 0 Å². The first-order valence-corrected chi connectivity index (χ1v) is 5.63. The minimum absolute atomic E-state index is 0. The Balaban J connectivity index is -0.000000267. The third-order valence-corrected chi connectivity index (χ3v) is 2.00. The van der Waals surface area contributed by atoms with Gasteiger partial charge in [0.15, 0.2) is 0 Å². The SMILES string of the molecule is CCOC([O-])=C=C(C(C)(C)C)C(C)(C)C.[C-]#N.[Cu+2].[Li]. The van der Waals surface area contributed by atoms with E-state index in [2.05, 4.69) is 47.3 Å². The summed E-state index contributed by atoms with van der Waals surface area (Å²) >= 11 is 0. The number of allylic oxidation sites excluding steroid dienone is 1. The molecular weight excluding hydrogens is 285 g/mol. The fourth-order valence-electron chi connectivity index (χ4n) is 1.77. The van der Waals surface area contributed by atoms with Crippen LogP contribution in [0.3, 0.4) is 0 Å². The van der Waals surface area contributed by atoms with Crippen molar-refractivity contribution in [3.63, 3.8) is 0 Å². The quantitative estimate of drug-likeness (QED) is 0.341. The van der Waals surface area contributed by atoms with Crippen LogP contribution in [0.1, 0.15) is 48.5 Å². The van der Waals surface area contributed by atoms with Crippen LogP contribution in [0.25, 0.3) is 0 Å². The summed E-state index contributed by atoms with van der Waals surface area (Å²) in [4.78, 5) is 0. The maximum atomic E-state index is 11.4. The van der Waals surface area contributed by atoms with Gasteiger partial charge in [0, 0.05) is 18.9 Å². The summed E-state index contributed by atoms with van der Waals surface area (Å²) in [5, 5.41) is 17.6. The summed E-state index contributed by atoms with van der Waals surface area (Å²) in [5.74, 6) is -0.364. The van der Waals surface area contributed by atoms with E-state index in [1.165, 1.54) is 0 Å². The average Bonchev–Trinajstić information content (AvgIpc) is 2.14. The predicted octanol–water partition coefficient (Wildman–Crippen LogP) is 2.56. The average molecular weight is 308 g/mol. The molecule has 0 amide bonds. The van der Waals surface area contributed by atoms with Crippen molar-refractivity contribution in [1.82, 2.24) is 0 Å². The molecule has 0 aromatic carbocycles. The number of ether oxygens (including phenoxy) is 1. The molecule has 0 aliphatic heterocycles. The third-order valence-electron chi connectivity index (χ3n) is 2.00. The molecule has 0 atom stereocenters. The summed E-state index contributed by atoms with van der Waals surface area (Å²) in [6.45, 7) is 19.4.